The predicted octanol–water partition coefficient (Wildman–Crippen LogP) is 2.24. The maximum atomic E-state index is 5.79. The van der Waals surface area contributed by atoms with Crippen molar-refractivity contribution in [2.45, 2.75) is 32.7 Å². The van der Waals surface area contributed by atoms with E-state index < -0.39 is 0 Å². The van der Waals surface area contributed by atoms with E-state index in [4.69, 9.17) is 5.73 Å². The van der Waals surface area contributed by atoms with E-state index in [9.17, 15) is 0 Å². The van der Waals surface area contributed by atoms with Gasteiger partial charge in [-0.15, -0.1) is 5.10 Å². The minimum absolute atomic E-state index is 0.0814. The van der Waals surface area contributed by atoms with Crippen LogP contribution in [0.2, 0.25) is 0 Å². The molecule has 1 atom stereocenters. The van der Waals surface area contributed by atoms with Crippen molar-refractivity contribution in [1.82, 2.24) is 15.0 Å². The third kappa shape index (κ3) is 2.53. The van der Waals surface area contributed by atoms with Gasteiger partial charge in [0.25, 0.3) is 0 Å². The van der Waals surface area contributed by atoms with Crippen LogP contribution in [-0.2, 0) is 6.42 Å². The van der Waals surface area contributed by atoms with Crippen LogP contribution in [0.4, 0.5) is 0 Å². The number of rotatable bonds is 4. The first-order valence-electron chi connectivity index (χ1n) is 5.98. The second kappa shape index (κ2) is 5.10. The van der Waals surface area contributed by atoms with Gasteiger partial charge in [0.15, 0.2) is 0 Å². The van der Waals surface area contributed by atoms with E-state index in [1.165, 1.54) is 5.56 Å². The van der Waals surface area contributed by atoms with Crippen LogP contribution >= 0.6 is 0 Å². The minimum Gasteiger partial charge on any atom is -0.323 e. The molecule has 1 aromatic heterocycles. The number of para-hydroxylation sites is 1. The number of nitrogens with two attached hydrogens (primary N) is 1. The van der Waals surface area contributed by atoms with Gasteiger partial charge in [-0.05, 0) is 25.0 Å². The highest BCUT2D eigenvalue weighted by atomic mass is 15.4. The zero-order chi connectivity index (χ0) is 12.3. The molecule has 4 heteroatoms. The number of benzene rings is 1. The van der Waals surface area contributed by atoms with E-state index in [0.29, 0.717) is 0 Å². The summed E-state index contributed by atoms with van der Waals surface area (Å²) < 4.78 is 1.81. The van der Waals surface area contributed by atoms with Gasteiger partial charge in [0.1, 0.15) is 0 Å². The third-order valence-electron chi connectivity index (χ3n) is 2.74. The Labute approximate surface area is 101 Å². The molecule has 1 aromatic carbocycles. The highest BCUT2D eigenvalue weighted by Crippen LogP contribution is 2.16. The molecule has 2 N–H and O–H groups in total. The molecule has 90 valence electrons. The van der Waals surface area contributed by atoms with Crippen molar-refractivity contribution in [2.24, 2.45) is 5.73 Å². The summed E-state index contributed by atoms with van der Waals surface area (Å²) in [5.41, 5.74) is 8.98. The van der Waals surface area contributed by atoms with Crippen LogP contribution in [0.25, 0.3) is 5.69 Å². The van der Waals surface area contributed by atoms with E-state index in [1.54, 1.807) is 0 Å². The SMILES string of the molecule is CCCc1ccccc1-n1cc(C(C)N)nn1. The molecule has 0 amide bonds. The van der Waals surface area contributed by atoms with Crippen LogP contribution in [0.15, 0.2) is 30.5 Å². The van der Waals surface area contributed by atoms with E-state index >= 15 is 0 Å². The first kappa shape index (κ1) is 11.8. The summed E-state index contributed by atoms with van der Waals surface area (Å²) >= 11 is 0. The standard InChI is InChI=1S/C13H18N4/c1-3-6-11-7-4-5-8-13(11)17-9-12(10(2)14)15-16-17/h4-5,7-10H,3,6,14H2,1-2H3. The molecule has 0 saturated heterocycles. The molecule has 0 fully saturated rings. The molecule has 1 heterocycles. The molecular formula is C13H18N4. The fourth-order valence-electron chi connectivity index (χ4n) is 1.82. The lowest BCUT2D eigenvalue weighted by atomic mass is 10.1. The zero-order valence-electron chi connectivity index (χ0n) is 10.3. The summed E-state index contributed by atoms with van der Waals surface area (Å²) in [6.07, 6.45) is 4.06. The fourth-order valence-corrected chi connectivity index (χ4v) is 1.82. The average Bonchev–Trinajstić information content (AvgIpc) is 2.79. The van der Waals surface area contributed by atoms with E-state index in [0.717, 1.165) is 24.2 Å². The Kier molecular flexibility index (Phi) is 3.54. The Hall–Kier alpha value is -1.68. The monoisotopic (exact) mass is 230 g/mol. The number of aryl methyl sites for hydroxylation is 1. The molecular weight excluding hydrogens is 212 g/mol. The molecule has 0 aliphatic heterocycles. The lowest BCUT2D eigenvalue weighted by Gasteiger charge is -2.07. The third-order valence-corrected chi connectivity index (χ3v) is 2.74. The molecule has 0 aliphatic rings. The number of aromatic nitrogens is 3. The zero-order valence-corrected chi connectivity index (χ0v) is 10.3. The highest BCUT2D eigenvalue weighted by Gasteiger charge is 2.08. The second-order valence-electron chi connectivity index (χ2n) is 4.26. The Morgan fingerprint density at radius 1 is 1.35 bits per heavy atom. The number of hydrogen-bond donors (Lipinski definition) is 1. The van der Waals surface area contributed by atoms with Crippen LogP contribution in [0.5, 0.6) is 0 Å². The van der Waals surface area contributed by atoms with Gasteiger partial charge in [-0.2, -0.15) is 0 Å². The second-order valence-corrected chi connectivity index (χ2v) is 4.26. The largest absolute Gasteiger partial charge is 0.323 e. The van der Waals surface area contributed by atoms with Crippen molar-refractivity contribution in [3.8, 4) is 5.69 Å². The molecule has 0 bridgehead atoms. The van der Waals surface area contributed by atoms with Crippen molar-refractivity contribution in [1.29, 1.82) is 0 Å². The van der Waals surface area contributed by atoms with E-state index in [2.05, 4.69) is 35.4 Å². The van der Waals surface area contributed by atoms with Gasteiger partial charge < -0.3 is 5.73 Å². The smallest absolute Gasteiger partial charge is 0.0995 e. The van der Waals surface area contributed by atoms with Crippen molar-refractivity contribution in [2.75, 3.05) is 0 Å². The van der Waals surface area contributed by atoms with Crippen molar-refractivity contribution in [3.63, 3.8) is 0 Å². The first-order chi connectivity index (χ1) is 8.22. The summed E-state index contributed by atoms with van der Waals surface area (Å²) in [6, 6.07) is 8.18. The van der Waals surface area contributed by atoms with E-state index in [1.807, 2.05) is 23.9 Å². The molecule has 0 saturated carbocycles. The molecule has 0 spiro atoms. The number of hydrogen-bond acceptors (Lipinski definition) is 3. The van der Waals surface area contributed by atoms with Gasteiger partial charge >= 0.3 is 0 Å². The number of nitrogens with zero attached hydrogens (tertiary/aromatic N) is 3. The molecule has 4 nitrogen and oxygen atoms in total. The average molecular weight is 230 g/mol. The molecule has 0 radical (unpaired) electrons. The van der Waals surface area contributed by atoms with Gasteiger partial charge in [-0.1, -0.05) is 36.8 Å². The summed E-state index contributed by atoms with van der Waals surface area (Å²) in [5, 5.41) is 8.22. The van der Waals surface area contributed by atoms with Crippen LogP contribution in [-0.4, -0.2) is 15.0 Å². The summed E-state index contributed by atoms with van der Waals surface area (Å²) in [6.45, 7) is 4.08. The fraction of sp³-hybridized carbons (Fsp3) is 0.385. The topological polar surface area (TPSA) is 56.7 Å². The van der Waals surface area contributed by atoms with Gasteiger partial charge in [0.05, 0.1) is 17.6 Å². The van der Waals surface area contributed by atoms with Gasteiger partial charge in [0, 0.05) is 6.04 Å². The summed E-state index contributed by atoms with van der Waals surface area (Å²) in [5.74, 6) is 0. The Morgan fingerprint density at radius 2 is 2.12 bits per heavy atom. The molecule has 17 heavy (non-hydrogen) atoms. The van der Waals surface area contributed by atoms with Gasteiger partial charge in [-0.25, -0.2) is 4.68 Å². The first-order valence-corrected chi connectivity index (χ1v) is 5.98. The van der Waals surface area contributed by atoms with Crippen molar-refractivity contribution < 1.29 is 0 Å². The molecule has 2 aromatic rings. The Morgan fingerprint density at radius 3 is 2.76 bits per heavy atom. The normalized spacial score (nSPS) is 12.6. The van der Waals surface area contributed by atoms with Crippen molar-refractivity contribution in [3.05, 3.63) is 41.7 Å². The van der Waals surface area contributed by atoms with Gasteiger partial charge in [0.2, 0.25) is 0 Å². The summed E-state index contributed by atoms with van der Waals surface area (Å²) in [4.78, 5) is 0. The minimum atomic E-state index is -0.0814. The quantitative estimate of drug-likeness (QED) is 0.876. The van der Waals surface area contributed by atoms with Gasteiger partial charge in [-0.3, -0.25) is 0 Å². The molecule has 0 aliphatic carbocycles. The maximum absolute atomic E-state index is 5.79. The Bertz CT molecular complexity index is 488. The lowest BCUT2D eigenvalue weighted by molar-refractivity contribution is 0.752. The molecule has 1 unspecified atom stereocenters. The van der Waals surface area contributed by atoms with Crippen molar-refractivity contribution >= 4 is 0 Å². The summed E-state index contributed by atoms with van der Waals surface area (Å²) in [7, 11) is 0. The van der Waals surface area contributed by atoms with Crippen LogP contribution < -0.4 is 5.73 Å². The lowest BCUT2D eigenvalue weighted by Crippen LogP contribution is -2.05. The molecule has 2 rings (SSSR count). The highest BCUT2D eigenvalue weighted by molar-refractivity contribution is 5.40. The van der Waals surface area contributed by atoms with E-state index in [-0.39, 0.29) is 6.04 Å². The Balaban J connectivity index is 2.38. The van der Waals surface area contributed by atoms with Crippen LogP contribution in [0.1, 0.15) is 37.6 Å². The van der Waals surface area contributed by atoms with Crippen LogP contribution in [0, 0.1) is 0 Å². The predicted molar refractivity (Wildman–Crippen MR) is 68.0 cm³/mol. The maximum Gasteiger partial charge on any atom is 0.0995 e. The van der Waals surface area contributed by atoms with Crippen LogP contribution in [0.3, 0.4) is 0 Å².